The number of hydrogen-bond acceptors (Lipinski definition) is 5. The van der Waals surface area contributed by atoms with Crippen molar-refractivity contribution in [2.45, 2.75) is 50.4 Å². The first-order valence-corrected chi connectivity index (χ1v) is 11.3. The molecule has 1 saturated carbocycles. The van der Waals surface area contributed by atoms with E-state index in [9.17, 15) is 0 Å². The zero-order chi connectivity index (χ0) is 23.6. The lowest BCUT2D eigenvalue weighted by Crippen LogP contribution is -2.37. The monoisotopic (exact) mass is 462 g/mol. The van der Waals surface area contributed by atoms with Crippen LogP contribution in [0.4, 0.5) is 0 Å². The van der Waals surface area contributed by atoms with E-state index in [1.807, 2.05) is 44.3 Å². The topological polar surface area (TPSA) is 108 Å². The van der Waals surface area contributed by atoms with Crippen LogP contribution in [0.25, 0.3) is 5.65 Å². The van der Waals surface area contributed by atoms with Crippen molar-refractivity contribution in [1.82, 2.24) is 19.6 Å². The number of pyridine rings is 1. The minimum atomic E-state index is -0.566. The van der Waals surface area contributed by atoms with E-state index in [-0.39, 0.29) is 11.8 Å². The zero-order valence-corrected chi connectivity index (χ0v) is 19.6. The third kappa shape index (κ3) is 3.83. The maximum atomic E-state index is 9.00. The van der Waals surface area contributed by atoms with E-state index in [0.29, 0.717) is 12.2 Å². The second-order valence-corrected chi connectivity index (χ2v) is 9.33. The molecule has 9 heteroatoms. The Kier molecular flexibility index (Phi) is 6.09. The maximum Gasteiger partial charge on any atom is 0.164 e. The van der Waals surface area contributed by atoms with E-state index < -0.39 is 5.41 Å². The molecule has 3 aromatic rings. The van der Waals surface area contributed by atoms with Gasteiger partial charge >= 0.3 is 0 Å². The van der Waals surface area contributed by atoms with Crippen LogP contribution >= 0.6 is 11.6 Å². The Bertz CT molecular complexity index is 1230. The van der Waals surface area contributed by atoms with E-state index >= 15 is 0 Å². The quantitative estimate of drug-likeness (QED) is 0.284. The molecule has 2 aromatic heterocycles. The number of nitrogens with zero attached hydrogens (tertiary/aromatic N) is 7. The molecule has 0 amide bonds. The number of allylic oxidation sites excluding steroid dienone is 1. The Morgan fingerprint density at radius 1 is 1.30 bits per heavy atom. The van der Waals surface area contributed by atoms with Crippen LogP contribution in [0.5, 0.6) is 0 Å². The average Bonchev–Trinajstić information content (AvgIpc) is 3.21. The summed E-state index contributed by atoms with van der Waals surface area (Å²) in [6, 6.07) is 14.2. The Hall–Kier alpha value is -3.44. The number of hydrogen-bond donors (Lipinski definition) is 1. The molecule has 8 nitrogen and oxygen atoms in total. The first-order valence-electron chi connectivity index (χ1n) is 10.9. The summed E-state index contributed by atoms with van der Waals surface area (Å²) >= 11 is 6.14. The smallest absolute Gasteiger partial charge is 0.164 e. The summed E-state index contributed by atoms with van der Waals surface area (Å²) in [6.07, 6.45) is 5.44. The van der Waals surface area contributed by atoms with Crippen molar-refractivity contribution in [2.24, 2.45) is 16.3 Å². The van der Waals surface area contributed by atoms with Gasteiger partial charge in [0.25, 0.3) is 0 Å². The summed E-state index contributed by atoms with van der Waals surface area (Å²) in [4.78, 5) is 0. The lowest BCUT2D eigenvalue weighted by Gasteiger charge is -2.41. The second kappa shape index (κ2) is 8.83. The Labute approximate surface area is 198 Å². The Balaban J connectivity index is 1.78. The molecule has 0 bridgehead atoms. The lowest BCUT2D eigenvalue weighted by molar-refractivity contribution is 0.283. The van der Waals surface area contributed by atoms with Gasteiger partial charge in [0.1, 0.15) is 5.82 Å². The molecule has 1 aliphatic rings. The zero-order valence-electron chi connectivity index (χ0n) is 18.9. The van der Waals surface area contributed by atoms with Crippen molar-refractivity contribution >= 4 is 17.2 Å². The fourth-order valence-corrected chi connectivity index (χ4v) is 4.73. The number of fused-ring (bicyclic) bond motifs is 1. The lowest BCUT2D eigenvalue weighted by atomic mass is 9.64. The van der Waals surface area contributed by atoms with E-state index in [1.165, 1.54) is 5.56 Å². The molecule has 170 valence electrons. The van der Waals surface area contributed by atoms with Gasteiger partial charge in [0.15, 0.2) is 5.65 Å². The Morgan fingerprint density at radius 2 is 2.03 bits per heavy atom. The molecule has 0 aliphatic heterocycles. The van der Waals surface area contributed by atoms with Crippen LogP contribution < -0.4 is 5.84 Å². The van der Waals surface area contributed by atoms with Gasteiger partial charge in [0.2, 0.25) is 0 Å². The molecule has 33 heavy (non-hydrogen) atoms. The highest BCUT2D eigenvalue weighted by Crippen LogP contribution is 2.49. The predicted octanol–water partition coefficient (Wildman–Crippen LogP) is 5.10. The van der Waals surface area contributed by atoms with Crippen molar-refractivity contribution in [1.29, 1.82) is 5.26 Å². The van der Waals surface area contributed by atoms with E-state index in [0.717, 1.165) is 41.3 Å². The van der Waals surface area contributed by atoms with E-state index in [2.05, 4.69) is 49.8 Å². The molecule has 1 aliphatic carbocycles. The molecule has 0 unspecified atom stereocenters. The number of aromatic nitrogens is 3. The van der Waals surface area contributed by atoms with Crippen LogP contribution in [-0.2, 0) is 10.8 Å². The van der Waals surface area contributed by atoms with Crippen molar-refractivity contribution < 1.29 is 0 Å². The molecule has 2 N–H and O–H groups in total. The molecule has 4 rings (SSSR count). The number of halogens is 1. The van der Waals surface area contributed by atoms with Gasteiger partial charge in [0, 0.05) is 27.9 Å². The van der Waals surface area contributed by atoms with Gasteiger partial charge in [0.05, 0.1) is 24.4 Å². The normalized spacial score (nSPS) is 15.3. The standard InChI is InChI=1S/C24H27ClN8/c1-17(33(31-30-27)16-6-14-26)23(2,3)20-7-4-15-32-21(20)28-29-22(32)24(12-5-13-24)18-8-10-19(25)11-9-18/h4,7-11,15H,1,5-6,12-13,16H2,2-3H3,(H2,27,31). The first kappa shape index (κ1) is 22.7. The number of nitrogens with two attached hydrogens (primary N) is 1. The molecule has 0 spiro atoms. The third-order valence-electron chi connectivity index (χ3n) is 6.77. The predicted molar refractivity (Wildman–Crippen MR) is 127 cm³/mol. The molecule has 1 aromatic carbocycles. The molecule has 0 atom stereocenters. The maximum absolute atomic E-state index is 9.00. The van der Waals surface area contributed by atoms with Gasteiger partial charge < -0.3 is 5.84 Å². The summed E-state index contributed by atoms with van der Waals surface area (Å²) in [6.45, 7) is 8.69. The first-order chi connectivity index (χ1) is 15.8. The van der Waals surface area contributed by atoms with Crippen LogP contribution in [0.1, 0.15) is 56.5 Å². The van der Waals surface area contributed by atoms with Gasteiger partial charge in [-0.1, -0.05) is 61.9 Å². The van der Waals surface area contributed by atoms with Crippen LogP contribution in [-0.4, -0.2) is 26.2 Å². The second-order valence-electron chi connectivity index (χ2n) is 8.89. The van der Waals surface area contributed by atoms with E-state index in [1.54, 1.807) is 5.01 Å². The highest BCUT2D eigenvalue weighted by molar-refractivity contribution is 6.30. The highest BCUT2D eigenvalue weighted by Gasteiger charge is 2.44. The number of nitriles is 1. The molecular formula is C24H27ClN8. The minimum absolute atomic E-state index is 0.184. The number of rotatable bonds is 8. The van der Waals surface area contributed by atoms with Crippen molar-refractivity contribution in [2.75, 3.05) is 6.54 Å². The fraction of sp³-hybridized carbons (Fsp3) is 0.375. The van der Waals surface area contributed by atoms with E-state index in [4.69, 9.17) is 22.7 Å². The van der Waals surface area contributed by atoms with Gasteiger partial charge in [-0.15, -0.1) is 10.2 Å². The summed E-state index contributed by atoms with van der Waals surface area (Å²) in [5.41, 5.74) is 2.84. The van der Waals surface area contributed by atoms with Crippen molar-refractivity contribution in [3.8, 4) is 6.07 Å². The van der Waals surface area contributed by atoms with Crippen molar-refractivity contribution in [3.63, 3.8) is 0 Å². The molecule has 0 radical (unpaired) electrons. The SMILES string of the molecule is C=C(N(CCC#N)/N=N\N)C(C)(C)c1cccn2c(C3(c4ccc(Cl)cc4)CCC3)nnc12. The highest BCUT2D eigenvalue weighted by atomic mass is 35.5. The Morgan fingerprint density at radius 3 is 2.64 bits per heavy atom. The molecule has 1 fully saturated rings. The molecular weight excluding hydrogens is 436 g/mol. The largest absolute Gasteiger partial charge is 0.303 e. The third-order valence-corrected chi connectivity index (χ3v) is 7.02. The van der Waals surface area contributed by atoms with Gasteiger partial charge in [-0.25, -0.2) is 5.01 Å². The molecule has 2 heterocycles. The minimum Gasteiger partial charge on any atom is -0.303 e. The molecule has 0 saturated heterocycles. The summed E-state index contributed by atoms with van der Waals surface area (Å²) in [5.74, 6) is 6.23. The van der Waals surface area contributed by atoms with Crippen LogP contribution in [0.3, 0.4) is 0 Å². The van der Waals surface area contributed by atoms with Gasteiger partial charge in [-0.3, -0.25) is 4.40 Å². The van der Waals surface area contributed by atoms with Crippen LogP contribution in [0.2, 0.25) is 5.02 Å². The van der Waals surface area contributed by atoms with Gasteiger partial charge in [-0.2, -0.15) is 5.26 Å². The van der Waals surface area contributed by atoms with Crippen LogP contribution in [0, 0.1) is 11.3 Å². The van der Waals surface area contributed by atoms with Gasteiger partial charge in [-0.05, 0) is 41.8 Å². The summed E-state index contributed by atoms with van der Waals surface area (Å²) < 4.78 is 2.09. The number of benzene rings is 1. The summed E-state index contributed by atoms with van der Waals surface area (Å²) in [7, 11) is 0. The summed E-state index contributed by atoms with van der Waals surface area (Å²) in [5, 5.41) is 28.0. The van der Waals surface area contributed by atoms with Crippen molar-refractivity contribution in [3.05, 3.63) is 76.8 Å². The van der Waals surface area contributed by atoms with Crippen LogP contribution in [0.15, 0.2) is 65.3 Å². The fourth-order valence-electron chi connectivity index (χ4n) is 4.60. The average molecular weight is 463 g/mol.